The molecule has 0 radical (unpaired) electrons. The fourth-order valence-corrected chi connectivity index (χ4v) is 5.17. The maximum atomic E-state index is 4.74. The van der Waals surface area contributed by atoms with Crippen LogP contribution in [0.15, 0.2) is 24.7 Å². The number of nitrogens with zero attached hydrogens (tertiary/aromatic N) is 6. The lowest BCUT2D eigenvalue weighted by Crippen LogP contribution is -2.49. The maximum Gasteiger partial charge on any atom is 0.166 e. The molecule has 0 amide bonds. The molecular weight excluding hydrogens is 336 g/mol. The van der Waals surface area contributed by atoms with Crippen molar-refractivity contribution in [2.24, 2.45) is 5.92 Å². The summed E-state index contributed by atoms with van der Waals surface area (Å²) in [7, 11) is 0. The van der Waals surface area contributed by atoms with Gasteiger partial charge < -0.3 is 9.47 Å². The van der Waals surface area contributed by atoms with Gasteiger partial charge in [0.05, 0.1) is 11.8 Å². The lowest BCUT2D eigenvalue weighted by atomic mass is 9.83. The van der Waals surface area contributed by atoms with Crippen LogP contribution in [0.5, 0.6) is 0 Å². The minimum Gasteiger partial charge on any atom is -0.330 e. The van der Waals surface area contributed by atoms with E-state index in [9.17, 15) is 0 Å². The molecule has 0 aromatic carbocycles. The largest absolute Gasteiger partial charge is 0.330 e. The van der Waals surface area contributed by atoms with Crippen LogP contribution in [-0.4, -0.2) is 48.2 Å². The Balaban J connectivity index is 1.48. The quantitative estimate of drug-likeness (QED) is 0.714. The Morgan fingerprint density at radius 1 is 1.11 bits per heavy atom. The number of hydrogen-bond acceptors (Lipinski definition) is 4. The van der Waals surface area contributed by atoms with Crippen LogP contribution in [0.25, 0.3) is 17.0 Å². The molecule has 5 rings (SSSR count). The molecule has 6 nitrogen and oxygen atoms in total. The van der Waals surface area contributed by atoms with Gasteiger partial charge in [0.15, 0.2) is 5.65 Å². The summed E-state index contributed by atoms with van der Waals surface area (Å²) in [4.78, 5) is 12.2. The summed E-state index contributed by atoms with van der Waals surface area (Å²) in [6, 6.07) is 2.81. The second-order valence-electron chi connectivity index (χ2n) is 8.24. The normalized spacial score (nSPS) is 23.6. The van der Waals surface area contributed by atoms with Crippen molar-refractivity contribution < 1.29 is 0 Å². The number of piperidine rings is 2. The van der Waals surface area contributed by atoms with Gasteiger partial charge in [0.25, 0.3) is 0 Å². The SMILES string of the molecule is Cc1cc(C)n2ncc(-c3nccn3C[C@@H]3CCCN4CCCC[C@H]34)c2n1. The van der Waals surface area contributed by atoms with Gasteiger partial charge in [0.1, 0.15) is 5.82 Å². The van der Waals surface area contributed by atoms with Gasteiger partial charge in [-0.05, 0) is 64.6 Å². The van der Waals surface area contributed by atoms with Crippen molar-refractivity contribution in [3.05, 3.63) is 36.0 Å². The highest BCUT2D eigenvalue weighted by atomic mass is 15.3. The van der Waals surface area contributed by atoms with Gasteiger partial charge in [0, 0.05) is 36.4 Å². The second kappa shape index (κ2) is 6.75. The zero-order chi connectivity index (χ0) is 18.4. The van der Waals surface area contributed by atoms with Gasteiger partial charge >= 0.3 is 0 Å². The highest BCUT2D eigenvalue weighted by Crippen LogP contribution is 2.33. The van der Waals surface area contributed by atoms with E-state index in [1.165, 1.54) is 45.2 Å². The van der Waals surface area contributed by atoms with Gasteiger partial charge in [-0.1, -0.05) is 6.42 Å². The molecule has 2 fully saturated rings. The molecule has 5 heterocycles. The molecule has 2 aliphatic rings. The van der Waals surface area contributed by atoms with Crippen molar-refractivity contribution in [3.63, 3.8) is 0 Å². The number of hydrogen-bond donors (Lipinski definition) is 0. The molecule has 6 heteroatoms. The summed E-state index contributed by atoms with van der Waals surface area (Å²) in [5.41, 5.74) is 4.06. The Morgan fingerprint density at radius 3 is 2.93 bits per heavy atom. The molecule has 0 unspecified atom stereocenters. The van der Waals surface area contributed by atoms with E-state index in [1.807, 2.05) is 23.8 Å². The molecule has 2 atom stereocenters. The molecule has 0 N–H and O–H groups in total. The first-order valence-electron chi connectivity index (χ1n) is 10.3. The smallest absolute Gasteiger partial charge is 0.166 e. The number of aromatic nitrogens is 5. The predicted molar refractivity (Wildman–Crippen MR) is 106 cm³/mol. The predicted octanol–water partition coefficient (Wildman–Crippen LogP) is 3.47. The molecular formula is C21H28N6. The molecule has 0 bridgehead atoms. The van der Waals surface area contributed by atoms with Crippen molar-refractivity contribution in [3.8, 4) is 11.4 Å². The summed E-state index contributed by atoms with van der Waals surface area (Å²) in [5, 5.41) is 4.56. The van der Waals surface area contributed by atoms with Gasteiger partial charge in [-0.2, -0.15) is 5.10 Å². The Bertz CT molecular complexity index is 953. The molecule has 0 saturated carbocycles. The standard InChI is InChI=1S/C21H28N6/c1-15-12-16(2)27-21(24-15)18(13-23-27)20-22-8-11-26(20)14-17-6-5-10-25-9-4-3-7-19(17)25/h8,11-13,17,19H,3-7,9-10,14H2,1-2H3/t17-,19+/m0/s1. The topological polar surface area (TPSA) is 51.3 Å². The number of rotatable bonds is 3. The van der Waals surface area contributed by atoms with E-state index in [4.69, 9.17) is 9.97 Å². The van der Waals surface area contributed by atoms with E-state index in [-0.39, 0.29) is 0 Å². The van der Waals surface area contributed by atoms with E-state index in [2.05, 4.69) is 33.8 Å². The lowest BCUT2D eigenvalue weighted by Gasteiger charge is -2.44. The van der Waals surface area contributed by atoms with E-state index >= 15 is 0 Å². The zero-order valence-corrected chi connectivity index (χ0v) is 16.3. The van der Waals surface area contributed by atoms with Crippen LogP contribution in [0.4, 0.5) is 0 Å². The monoisotopic (exact) mass is 364 g/mol. The molecule has 3 aromatic rings. The Labute approximate surface area is 160 Å². The zero-order valence-electron chi connectivity index (χ0n) is 16.3. The Hall–Kier alpha value is -2.21. The Kier molecular flexibility index (Phi) is 4.23. The average molecular weight is 364 g/mol. The molecule has 0 spiro atoms. The van der Waals surface area contributed by atoms with Crippen LogP contribution in [0.3, 0.4) is 0 Å². The Morgan fingerprint density at radius 2 is 2.00 bits per heavy atom. The van der Waals surface area contributed by atoms with Crippen molar-refractivity contribution in [1.29, 1.82) is 0 Å². The van der Waals surface area contributed by atoms with Gasteiger partial charge in [-0.15, -0.1) is 0 Å². The first-order valence-corrected chi connectivity index (χ1v) is 10.3. The van der Waals surface area contributed by atoms with Crippen LogP contribution in [0, 0.1) is 19.8 Å². The fraction of sp³-hybridized carbons (Fsp3) is 0.571. The third-order valence-corrected chi connectivity index (χ3v) is 6.39. The third kappa shape index (κ3) is 2.96. The minimum atomic E-state index is 0.713. The number of aryl methyl sites for hydroxylation is 2. The van der Waals surface area contributed by atoms with E-state index in [1.54, 1.807) is 0 Å². The van der Waals surface area contributed by atoms with Gasteiger partial charge in [0.2, 0.25) is 0 Å². The van der Waals surface area contributed by atoms with Crippen LogP contribution in [0.2, 0.25) is 0 Å². The average Bonchev–Trinajstić information content (AvgIpc) is 3.28. The van der Waals surface area contributed by atoms with Gasteiger partial charge in [-0.3, -0.25) is 0 Å². The highest BCUT2D eigenvalue weighted by molar-refractivity contribution is 5.72. The highest BCUT2D eigenvalue weighted by Gasteiger charge is 2.33. The second-order valence-corrected chi connectivity index (χ2v) is 8.24. The summed E-state index contributed by atoms with van der Waals surface area (Å²) in [6.45, 7) is 7.72. The van der Waals surface area contributed by atoms with E-state index in [0.29, 0.717) is 5.92 Å². The minimum absolute atomic E-state index is 0.713. The molecule has 0 aliphatic carbocycles. The first-order chi connectivity index (χ1) is 13.2. The van der Waals surface area contributed by atoms with Gasteiger partial charge in [-0.25, -0.2) is 14.5 Å². The number of imidazole rings is 1. The van der Waals surface area contributed by atoms with Crippen LogP contribution < -0.4 is 0 Å². The summed E-state index contributed by atoms with van der Waals surface area (Å²) < 4.78 is 4.25. The fourth-order valence-electron chi connectivity index (χ4n) is 5.17. The molecule has 3 aromatic heterocycles. The summed E-state index contributed by atoms with van der Waals surface area (Å²) >= 11 is 0. The first kappa shape index (κ1) is 16.9. The third-order valence-electron chi connectivity index (χ3n) is 6.39. The summed E-state index contributed by atoms with van der Waals surface area (Å²) in [6.07, 6.45) is 12.7. The molecule has 2 aliphatic heterocycles. The van der Waals surface area contributed by atoms with Crippen molar-refractivity contribution >= 4 is 5.65 Å². The van der Waals surface area contributed by atoms with E-state index < -0.39 is 0 Å². The maximum absolute atomic E-state index is 4.74. The van der Waals surface area contributed by atoms with Crippen molar-refractivity contribution in [2.45, 2.75) is 58.5 Å². The number of fused-ring (bicyclic) bond motifs is 2. The lowest BCUT2D eigenvalue weighted by molar-refractivity contribution is 0.0521. The van der Waals surface area contributed by atoms with Crippen molar-refractivity contribution in [1.82, 2.24) is 29.0 Å². The van der Waals surface area contributed by atoms with Crippen molar-refractivity contribution in [2.75, 3.05) is 13.1 Å². The summed E-state index contributed by atoms with van der Waals surface area (Å²) in [5.74, 6) is 1.71. The molecule has 27 heavy (non-hydrogen) atoms. The molecule has 2 saturated heterocycles. The van der Waals surface area contributed by atoms with E-state index in [0.717, 1.165) is 41.0 Å². The van der Waals surface area contributed by atoms with Crippen LogP contribution in [-0.2, 0) is 6.54 Å². The van der Waals surface area contributed by atoms with Crippen LogP contribution >= 0.6 is 0 Å². The molecule has 142 valence electrons. The van der Waals surface area contributed by atoms with Crippen LogP contribution in [0.1, 0.15) is 43.5 Å².